The molecule has 0 aliphatic heterocycles. The molecule has 0 fully saturated rings. The Balaban J connectivity index is 2.91. The van der Waals surface area contributed by atoms with E-state index in [4.69, 9.17) is 9.84 Å². The standard InChI is InChI=1S/C11H15NO3/c1-8-4-5-10(15-3)9(6-8)7-12(2)11(13)14/h4-6H,7H2,1-3H3,(H,13,14). The van der Waals surface area contributed by atoms with Gasteiger partial charge in [-0.3, -0.25) is 0 Å². The van der Waals surface area contributed by atoms with Crippen LogP contribution in [0.5, 0.6) is 5.75 Å². The predicted octanol–water partition coefficient (Wildman–Crippen LogP) is 2.11. The summed E-state index contributed by atoms with van der Waals surface area (Å²) in [7, 11) is 3.11. The summed E-state index contributed by atoms with van der Waals surface area (Å²) >= 11 is 0. The first-order chi connectivity index (χ1) is 7.04. The molecule has 0 saturated heterocycles. The molecule has 4 heteroatoms. The van der Waals surface area contributed by atoms with E-state index in [1.54, 1.807) is 7.11 Å². The molecule has 0 bridgehead atoms. The lowest BCUT2D eigenvalue weighted by molar-refractivity contribution is 0.153. The highest BCUT2D eigenvalue weighted by Crippen LogP contribution is 2.20. The van der Waals surface area contributed by atoms with Crippen LogP contribution in [0.3, 0.4) is 0 Å². The Morgan fingerprint density at radius 1 is 1.53 bits per heavy atom. The van der Waals surface area contributed by atoms with Crippen molar-refractivity contribution in [1.82, 2.24) is 4.90 Å². The van der Waals surface area contributed by atoms with E-state index in [1.165, 1.54) is 11.9 Å². The van der Waals surface area contributed by atoms with E-state index in [2.05, 4.69) is 0 Å². The van der Waals surface area contributed by atoms with Gasteiger partial charge in [0.05, 0.1) is 13.7 Å². The quantitative estimate of drug-likeness (QED) is 0.829. The first-order valence-corrected chi connectivity index (χ1v) is 4.62. The van der Waals surface area contributed by atoms with Crippen molar-refractivity contribution in [3.63, 3.8) is 0 Å². The molecule has 1 rings (SSSR count). The van der Waals surface area contributed by atoms with Crippen LogP contribution in [0.15, 0.2) is 18.2 Å². The number of carboxylic acid groups (broad SMARTS) is 1. The number of benzene rings is 1. The predicted molar refractivity (Wildman–Crippen MR) is 57.2 cm³/mol. The number of ether oxygens (including phenoxy) is 1. The highest BCUT2D eigenvalue weighted by atomic mass is 16.5. The Morgan fingerprint density at radius 2 is 2.20 bits per heavy atom. The maximum absolute atomic E-state index is 10.7. The van der Waals surface area contributed by atoms with Crippen LogP contribution in [0, 0.1) is 6.92 Å². The maximum atomic E-state index is 10.7. The van der Waals surface area contributed by atoms with Crippen LogP contribution in [-0.2, 0) is 6.54 Å². The fourth-order valence-electron chi connectivity index (χ4n) is 1.35. The van der Waals surface area contributed by atoms with E-state index in [-0.39, 0.29) is 0 Å². The highest BCUT2D eigenvalue weighted by molar-refractivity contribution is 5.64. The fraction of sp³-hybridized carbons (Fsp3) is 0.364. The molecule has 0 atom stereocenters. The molecular weight excluding hydrogens is 194 g/mol. The van der Waals surface area contributed by atoms with Crippen molar-refractivity contribution in [2.24, 2.45) is 0 Å². The zero-order chi connectivity index (χ0) is 11.4. The molecule has 0 unspecified atom stereocenters. The number of methoxy groups -OCH3 is 1. The monoisotopic (exact) mass is 209 g/mol. The topological polar surface area (TPSA) is 49.8 Å². The van der Waals surface area contributed by atoms with Crippen molar-refractivity contribution < 1.29 is 14.6 Å². The van der Waals surface area contributed by atoms with Crippen molar-refractivity contribution in [2.45, 2.75) is 13.5 Å². The minimum absolute atomic E-state index is 0.334. The van der Waals surface area contributed by atoms with Crippen LogP contribution in [0.4, 0.5) is 4.79 Å². The Morgan fingerprint density at radius 3 is 2.73 bits per heavy atom. The highest BCUT2D eigenvalue weighted by Gasteiger charge is 2.10. The summed E-state index contributed by atoms with van der Waals surface area (Å²) in [6, 6.07) is 5.71. The van der Waals surface area contributed by atoms with Gasteiger partial charge in [-0.15, -0.1) is 0 Å². The molecule has 82 valence electrons. The van der Waals surface area contributed by atoms with E-state index in [0.29, 0.717) is 12.3 Å². The van der Waals surface area contributed by atoms with Gasteiger partial charge in [-0.25, -0.2) is 4.79 Å². The van der Waals surface area contributed by atoms with Crippen LogP contribution in [0.2, 0.25) is 0 Å². The fourth-order valence-corrected chi connectivity index (χ4v) is 1.35. The second-order valence-electron chi connectivity index (χ2n) is 3.45. The second-order valence-corrected chi connectivity index (χ2v) is 3.45. The summed E-state index contributed by atoms with van der Waals surface area (Å²) in [5.74, 6) is 0.716. The third kappa shape index (κ3) is 2.87. The zero-order valence-electron chi connectivity index (χ0n) is 9.15. The Hall–Kier alpha value is -1.71. The molecular formula is C11H15NO3. The van der Waals surface area contributed by atoms with Crippen molar-refractivity contribution in [1.29, 1.82) is 0 Å². The van der Waals surface area contributed by atoms with Crippen LogP contribution >= 0.6 is 0 Å². The SMILES string of the molecule is COc1ccc(C)cc1CN(C)C(=O)O. The van der Waals surface area contributed by atoms with Crippen molar-refractivity contribution in [3.8, 4) is 5.75 Å². The minimum Gasteiger partial charge on any atom is -0.496 e. The molecule has 0 heterocycles. The molecule has 1 N–H and O–H groups in total. The lowest BCUT2D eigenvalue weighted by atomic mass is 10.1. The molecule has 1 aromatic rings. The number of hydrogen-bond donors (Lipinski definition) is 1. The molecule has 0 aliphatic carbocycles. The van der Waals surface area contributed by atoms with Crippen LogP contribution < -0.4 is 4.74 Å². The molecule has 1 amide bonds. The summed E-state index contributed by atoms with van der Waals surface area (Å²) in [5.41, 5.74) is 1.96. The number of aryl methyl sites for hydroxylation is 1. The molecule has 1 aromatic carbocycles. The van der Waals surface area contributed by atoms with Crippen molar-refractivity contribution in [2.75, 3.05) is 14.2 Å². The van der Waals surface area contributed by atoms with Crippen LogP contribution in [-0.4, -0.2) is 30.3 Å². The van der Waals surface area contributed by atoms with E-state index < -0.39 is 6.09 Å². The summed E-state index contributed by atoms with van der Waals surface area (Å²) in [6.45, 7) is 2.30. The molecule has 0 aliphatic rings. The van der Waals surface area contributed by atoms with E-state index in [0.717, 1.165) is 11.1 Å². The van der Waals surface area contributed by atoms with Gasteiger partial charge in [0.25, 0.3) is 0 Å². The first kappa shape index (κ1) is 11.4. The first-order valence-electron chi connectivity index (χ1n) is 4.62. The minimum atomic E-state index is -0.946. The van der Waals surface area contributed by atoms with Gasteiger partial charge >= 0.3 is 6.09 Å². The number of carbonyl (C=O) groups is 1. The van der Waals surface area contributed by atoms with Crippen molar-refractivity contribution in [3.05, 3.63) is 29.3 Å². The van der Waals surface area contributed by atoms with Gasteiger partial charge < -0.3 is 14.7 Å². The average Bonchev–Trinajstić information content (AvgIpc) is 2.18. The summed E-state index contributed by atoms with van der Waals surface area (Å²) in [5, 5.41) is 8.76. The third-order valence-corrected chi connectivity index (χ3v) is 2.17. The summed E-state index contributed by atoms with van der Waals surface area (Å²) < 4.78 is 5.16. The lowest BCUT2D eigenvalue weighted by Gasteiger charge is -2.15. The number of hydrogen-bond acceptors (Lipinski definition) is 2. The number of amides is 1. The van der Waals surface area contributed by atoms with E-state index in [9.17, 15) is 4.79 Å². The normalized spacial score (nSPS) is 9.80. The van der Waals surface area contributed by atoms with Gasteiger partial charge in [0, 0.05) is 12.6 Å². The van der Waals surface area contributed by atoms with Gasteiger partial charge in [0.15, 0.2) is 0 Å². The van der Waals surface area contributed by atoms with Gasteiger partial charge in [-0.1, -0.05) is 17.7 Å². The molecule has 0 saturated carbocycles. The maximum Gasteiger partial charge on any atom is 0.407 e. The summed E-state index contributed by atoms with van der Waals surface area (Å²) in [4.78, 5) is 11.9. The summed E-state index contributed by atoms with van der Waals surface area (Å²) in [6.07, 6.45) is -0.946. The van der Waals surface area contributed by atoms with Crippen molar-refractivity contribution >= 4 is 6.09 Å². The smallest absolute Gasteiger partial charge is 0.407 e. The number of rotatable bonds is 3. The number of nitrogens with zero attached hydrogens (tertiary/aromatic N) is 1. The Bertz CT molecular complexity index is 363. The van der Waals surface area contributed by atoms with E-state index in [1.807, 2.05) is 25.1 Å². The molecule has 0 spiro atoms. The molecule has 15 heavy (non-hydrogen) atoms. The van der Waals surface area contributed by atoms with Gasteiger partial charge in [-0.05, 0) is 13.0 Å². The molecule has 0 radical (unpaired) electrons. The zero-order valence-corrected chi connectivity index (χ0v) is 9.15. The van der Waals surface area contributed by atoms with Crippen LogP contribution in [0.25, 0.3) is 0 Å². The largest absolute Gasteiger partial charge is 0.496 e. The Labute approximate surface area is 89.1 Å². The third-order valence-electron chi connectivity index (χ3n) is 2.17. The molecule has 4 nitrogen and oxygen atoms in total. The average molecular weight is 209 g/mol. The molecule has 0 aromatic heterocycles. The van der Waals surface area contributed by atoms with E-state index >= 15 is 0 Å². The van der Waals surface area contributed by atoms with Gasteiger partial charge in [0.2, 0.25) is 0 Å². The second kappa shape index (κ2) is 4.68. The Kier molecular flexibility index (Phi) is 3.55. The van der Waals surface area contributed by atoms with Gasteiger partial charge in [-0.2, -0.15) is 0 Å². The van der Waals surface area contributed by atoms with Gasteiger partial charge in [0.1, 0.15) is 5.75 Å². The lowest BCUT2D eigenvalue weighted by Crippen LogP contribution is -2.24. The van der Waals surface area contributed by atoms with Crippen LogP contribution in [0.1, 0.15) is 11.1 Å².